The van der Waals surface area contributed by atoms with Crippen LogP contribution in [0.5, 0.6) is 0 Å². The highest BCUT2D eigenvalue weighted by Gasteiger charge is 2.09. The first kappa shape index (κ1) is 9.13. The van der Waals surface area contributed by atoms with Crippen LogP contribution >= 0.6 is 0 Å². The molecule has 0 N–H and O–H groups in total. The van der Waals surface area contributed by atoms with E-state index in [4.69, 9.17) is 0 Å². The monoisotopic (exact) mass is 169 g/mol. The van der Waals surface area contributed by atoms with E-state index in [0.29, 0.717) is 0 Å². The van der Waals surface area contributed by atoms with Gasteiger partial charge in [-0.1, -0.05) is 6.07 Å². The molecule has 0 radical (unpaired) electrons. The Balaban J connectivity index is 2.77. The molecule has 3 heteroatoms. The van der Waals surface area contributed by atoms with Gasteiger partial charge in [-0.2, -0.15) is 4.39 Å². The zero-order valence-electron chi connectivity index (χ0n) is 7.71. The Morgan fingerprint density at radius 2 is 2.00 bits per heavy atom. The lowest BCUT2D eigenvalue weighted by Crippen LogP contribution is -2.33. The van der Waals surface area contributed by atoms with Gasteiger partial charge in [0.2, 0.25) is 5.95 Å². The summed E-state index contributed by atoms with van der Waals surface area (Å²) < 4.78 is 13.4. The molecule has 0 aliphatic heterocycles. The summed E-state index contributed by atoms with van der Waals surface area (Å²) in [5.41, 5.74) is 0.794. The number of rotatable bonds is 2. The maximum absolute atomic E-state index is 12.6. The molecule has 1 heterocycles. The predicted molar refractivity (Wildman–Crippen MR) is 45.9 cm³/mol. The fourth-order valence-electron chi connectivity index (χ4n) is 1.02. The highest BCUT2D eigenvalue weighted by Crippen LogP contribution is 2.04. The standard InChI is InChI=1S/C9H14FN2/c1-12(2,3)7-8-5-4-6-9(10)11-8/h4-6H,7H2,1-3H3/q+1. The number of hydrogen-bond acceptors (Lipinski definition) is 1. The number of aromatic nitrogens is 1. The third-order valence-corrected chi connectivity index (χ3v) is 1.41. The molecule has 1 rings (SSSR count). The van der Waals surface area contributed by atoms with E-state index in [1.165, 1.54) is 6.07 Å². The van der Waals surface area contributed by atoms with E-state index < -0.39 is 5.95 Å². The Bertz CT molecular complexity index is 265. The van der Waals surface area contributed by atoms with Crippen molar-refractivity contribution in [2.45, 2.75) is 6.54 Å². The lowest BCUT2D eigenvalue weighted by Gasteiger charge is -2.23. The summed E-state index contributed by atoms with van der Waals surface area (Å²) in [5, 5.41) is 0. The Morgan fingerprint density at radius 1 is 1.33 bits per heavy atom. The quantitative estimate of drug-likeness (QED) is 0.482. The molecule has 2 nitrogen and oxygen atoms in total. The second-order valence-corrected chi connectivity index (χ2v) is 3.90. The van der Waals surface area contributed by atoms with E-state index in [1.54, 1.807) is 6.07 Å². The normalized spacial score (nSPS) is 11.7. The molecule has 0 spiro atoms. The molecular formula is C9H14FN2+. The van der Waals surface area contributed by atoms with Crippen molar-refractivity contribution in [3.8, 4) is 0 Å². The summed E-state index contributed by atoms with van der Waals surface area (Å²) in [7, 11) is 6.14. The summed E-state index contributed by atoms with van der Waals surface area (Å²) in [5.74, 6) is -0.402. The third kappa shape index (κ3) is 2.96. The Labute approximate surface area is 72.2 Å². The molecule has 0 bridgehead atoms. The molecule has 0 aromatic carbocycles. The predicted octanol–water partition coefficient (Wildman–Crippen LogP) is 1.43. The van der Waals surface area contributed by atoms with Crippen LogP contribution in [0.3, 0.4) is 0 Å². The van der Waals surface area contributed by atoms with E-state index in [1.807, 2.05) is 27.2 Å². The summed E-state index contributed by atoms with van der Waals surface area (Å²) in [6.45, 7) is 0.748. The summed E-state index contributed by atoms with van der Waals surface area (Å²) in [6, 6.07) is 4.89. The largest absolute Gasteiger partial charge is 0.326 e. The van der Waals surface area contributed by atoms with Crippen molar-refractivity contribution in [2.24, 2.45) is 0 Å². The Kier molecular flexibility index (Phi) is 2.43. The summed E-state index contributed by atoms with van der Waals surface area (Å²) >= 11 is 0. The lowest BCUT2D eigenvalue weighted by molar-refractivity contribution is -0.884. The van der Waals surface area contributed by atoms with Gasteiger partial charge in [0, 0.05) is 0 Å². The van der Waals surface area contributed by atoms with Gasteiger partial charge in [-0.3, -0.25) is 0 Å². The molecule has 1 aromatic rings. The van der Waals surface area contributed by atoms with Crippen molar-refractivity contribution < 1.29 is 8.87 Å². The molecule has 0 unspecified atom stereocenters. The topological polar surface area (TPSA) is 12.9 Å². The lowest BCUT2D eigenvalue weighted by atomic mass is 10.3. The first-order valence-corrected chi connectivity index (χ1v) is 3.89. The van der Waals surface area contributed by atoms with Gasteiger partial charge in [0.05, 0.1) is 26.8 Å². The van der Waals surface area contributed by atoms with Crippen LogP contribution in [0.1, 0.15) is 5.69 Å². The fourth-order valence-corrected chi connectivity index (χ4v) is 1.02. The van der Waals surface area contributed by atoms with Crippen molar-refractivity contribution in [1.82, 2.24) is 4.98 Å². The summed E-state index contributed by atoms with van der Waals surface area (Å²) in [4.78, 5) is 3.78. The number of hydrogen-bond donors (Lipinski definition) is 0. The Hall–Kier alpha value is -0.960. The van der Waals surface area contributed by atoms with Crippen molar-refractivity contribution >= 4 is 0 Å². The SMILES string of the molecule is C[N+](C)(C)Cc1cccc(F)n1. The maximum atomic E-state index is 12.6. The molecule has 0 saturated carbocycles. The smallest absolute Gasteiger partial charge is 0.213 e. The van der Waals surface area contributed by atoms with Gasteiger partial charge in [-0.05, 0) is 12.1 Å². The van der Waals surface area contributed by atoms with Crippen LogP contribution in [-0.4, -0.2) is 30.6 Å². The molecule has 0 saturated heterocycles. The molecule has 1 aromatic heterocycles. The summed E-state index contributed by atoms with van der Waals surface area (Å²) in [6.07, 6.45) is 0. The molecule has 0 aliphatic carbocycles. The molecule has 66 valence electrons. The molecular weight excluding hydrogens is 155 g/mol. The minimum atomic E-state index is -0.402. The minimum absolute atomic E-state index is 0.402. The van der Waals surface area contributed by atoms with Gasteiger partial charge >= 0.3 is 0 Å². The van der Waals surface area contributed by atoms with Crippen LogP contribution < -0.4 is 0 Å². The molecule has 0 atom stereocenters. The molecule has 0 aliphatic rings. The zero-order valence-corrected chi connectivity index (χ0v) is 7.71. The van der Waals surface area contributed by atoms with E-state index in [2.05, 4.69) is 4.98 Å². The maximum Gasteiger partial charge on any atom is 0.213 e. The first-order valence-electron chi connectivity index (χ1n) is 3.89. The van der Waals surface area contributed by atoms with E-state index >= 15 is 0 Å². The fraction of sp³-hybridized carbons (Fsp3) is 0.444. The first-order chi connectivity index (χ1) is 5.47. The number of nitrogens with zero attached hydrogens (tertiary/aromatic N) is 2. The van der Waals surface area contributed by atoms with Gasteiger partial charge in [0.15, 0.2) is 0 Å². The minimum Gasteiger partial charge on any atom is -0.326 e. The van der Waals surface area contributed by atoms with Crippen LogP contribution in [0.25, 0.3) is 0 Å². The van der Waals surface area contributed by atoms with E-state index in [0.717, 1.165) is 16.7 Å². The second kappa shape index (κ2) is 3.19. The average molecular weight is 169 g/mol. The number of pyridine rings is 1. The van der Waals surface area contributed by atoms with Crippen molar-refractivity contribution in [2.75, 3.05) is 21.1 Å². The van der Waals surface area contributed by atoms with Crippen molar-refractivity contribution in [3.05, 3.63) is 29.8 Å². The van der Waals surface area contributed by atoms with Gasteiger partial charge < -0.3 is 4.48 Å². The number of halogens is 1. The highest BCUT2D eigenvalue weighted by atomic mass is 19.1. The van der Waals surface area contributed by atoms with E-state index in [9.17, 15) is 4.39 Å². The van der Waals surface area contributed by atoms with E-state index in [-0.39, 0.29) is 0 Å². The van der Waals surface area contributed by atoms with Crippen LogP contribution in [0.2, 0.25) is 0 Å². The molecule has 0 amide bonds. The van der Waals surface area contributed by atoms with Gasteiger partial charge in [0.1, 0.15) is 6.54 Å². The van der Waals surface area contributed by atoms with Crippen LogP contribution in [0, 0.1) is 5.95 Å². The average Bonchev–Trinajstić information content (AvgIpc) is 1.82. The highest BCUT2D eigenvalue weighted by molar-refractivity contribution is 5.03. The van der Waals surface area contributed by atoms with Gasteiger partial charge in [-0.25, -0.2) is 4.98 Å². The third-order valence-electron chi connectivity index (χ3n) is 1.41. The van der Waals surface area contributed by atoms with Crippen molar-refractivity contribution in [3.63, 3.8) is 0 Å². The second-order valence-electron chi connectivity index (χ2n) is 3.90. The zero-order chi connectivity index (χ0) is 9.19. The van der Waals surface area contributed by atoms with Crippen LogP contribution in [0.15, 0.2) is 18.2 Å². The molecule has 0 fully saturated rings. The molecule has 12 heavy (non-hydrogen) atoms. The Morgan fingerprint density at radius 3 is 2.50 bits per heavy atom. The van der Waals surface area contributed by atoms with Crippen LogP contribution in [-0.2, 0) is 6.54 Å². The van der Waals surface area contributed by atoms with Crippen molar-refractivity contribution in [1.29, 1.82) is 0 Å². The number of quaternary nitrogens is 1. The van der Waals surface area contributed by atoms with Gasteiger partial charge in [-0.15, -0.1) is 0 Å². The van der Waals surface area contributed by atoms with Gasteiger partial charge in [0.25, 0.3) is 0 Å². The van der Waals surface area contributed by atoms with Crippen LogP contribution in [0.4, 0.5) is 4.39 Å².